The predicted molar refractivity (Wildman–Crippen MR) is 59.7 cm³/mol. The first-order valence-corrected chi connectivity index (χ1v) is 5.11. The van der Waals surface area contributed by atoms with Gasteiger partial charge in [0, 0.05) is 0 Å². The van der Waals surface area contributed by atoms with Gasteiger partial charge >= 0.3 is 6.18 Å². The number of benzene rings is 1. The Morgan fingerprint density at radius 3 is 2.44 bits per heavy atom. The molecule has 1 rings (SSSR count). The van der Waals surface area contributed by atoms with E-state index in [4.69, 9.17) is 15.7 Å². The highest BCUT2D eigenvalue weighted by Gasteiger charge is 2.31. The van der Waals surface area contributed by atoms with Crippen LogP contribution >= 0.6 is 0 Å². The van der Waals surface area contributed by atoms with Crippen molar-refractivity contribution in [2.24, 2.45) is 10.9 Å². The maximum Gasteiger partial charge on any atom is 0.416 e. The van der Waals surface area contributed by atoms with Crippen LogP contribution in [0.15, 0.2) is 23.4 Å². The maximum absolute atomic E-state index is 12.5. The Kier molecular flexibility index (Phi) is 4.05. The fourth-order valence-electron chi connectivity index (χ4n) is 1.32. The van der Waals surface area contributed by atoms with Crippen LogP contribution < -0.4 is 10.5 Å². The molecule has 18 heavy (non-hydrogen) atoms. The van der Waals surface area contributed by atoms with Crippen LogP contribution in [0.2, 0.25) is 0 Å². The molecule has 0 fully saturated rings. The van der Waals surface area contributed by atoms with Crippen LogP contribution in [0.3, 0.4) is 0 Å². The van der Waals surface area contributed by atoms with E-state index >= 15 is 0 Å². The highest BCUT2D eigenvalue weighted by Crippen LogP contribution is 2.32. The van der Waals surface area contributed by atoms with Crippen LogP contribution in [0.1, 0.15) is 25.0 Å². The van der Waals surface area contributed by atoms with Crippen molar-refractivity contribution in [3.8, 4) is 5.75 Å². The Hall–Kier alpha value is -1.92. The van der Waals surface area contributed by atoms with Gasteiger partial charge in [-0.3, -0.25) is 0 Å². The van der Waals surface area contributed by atoms with Gasteiger partial charge in [-0.25, -0.2) is 0 Å². The maximum atomic E-state index is 12.5. The Labute approximate surface area is 102 Å². The summed E-state index contributed by atoms with van der Waals surface area (Å²) in [4.78, 5) is 0. The molecule has 0 aliphatic heterocycles. The van der Waals surface area contributed by atoms with Crippen LogP contribution in [0.25, 0.3) is 0 Å². The van der Waals surface area contributed by atoms with Crippen LogP contribution in [0.5, 0.6) is 5.75 Å². The van der Waals surface area contributed by atoms with Gasteiger partial charge in [-0.15, -0.1) is 0 Å². The minimum atomic E-state index is -4.50. The van der Waals surface area contributed by atoms with Gasteiger partial charge in [-0.2, -0.15) is 13.2 Å². The van der Waals surface area contributed by atoms with E-state index in [0.29, 0.717) is 0 Å². The van der Waals surface area contributed by atoms with Crippen LogP contribution in [-0.2, 0) is 6.18 Å². The zero-order valence-corrected chi connectivity index (χ0v) is 9.82. The van der Waals surface area contributed by atoms with Crippen molar-refractivity contribution in [2.75, 3.05) is 0 Å². The molecule has 4 nitrogen and oxygen atoms in total. The van der Waals surface area contributed by atoms with Gasteiger partial charge in [0.1, 0.15) is 5.75 Å². The summed E-state index contributed by atoms with van der Waals surface area (Å²) in [6.07, 6.45) is -4.74. The predicted octanol–water partition coefficient (Wildman–Crippen LogP) is 2.59. The summed E-state index contributed by atoms with van der Waals surface area (Å²) in [6, 6.07) is 2.81. The van der Waals surface area contributed by atoms with Crippen LogP contribution in [0.4, 0.5) is 13.2 Å². The van der Waals surface area contributed by atoms with E-state index in [-0.39, 0.29) is 17.4 Å². The molecule has 0 radical (unpaired) electrons. The lowest BCUT2D eigenvalue weighted by Crippen LogP contribution is -2.18. The van der Waals surface area contributed by atoms with Gasteiger partial charge < -0.3 is 15.7 Å². The number of rotatable bonds is 3. The van der Waals surface area contributed by atoms with Crippen molar-refractivity contribution in [2.45, 2.75) is 26.1 Å². The lowest BCUT2D eigenvalue weighted by atomic mass is 10.1. The van der Waals surface area contributed by atoms with Gasteiger partial charge in [0.05, 0.1) is 17.2 Å². The second-order valence-electron chi connectivity index (χ2n) is 3.86. The summed E-state index contributed by atoms with van der Waals surface area (Å²) < 4.78 is 42.9. The number of hydrogen-bond donors (Lipinski definition) is 2. The first kappa shape index (κ1) is 14.1. The highest BCUT2D eigenvalue weighted by atomic mass is 19.4. The molecule has 0 unspecified atom stereocenters. The Balaban J connectivity index is 3.30. The van der Waals surface area contributed by atoms with Crippen molar-refractivity contribution < 1.29 is 23.1 Å². The topological polar surface area (TPSA) is 67.8 Å². The van der Waals surface area contributed by atoms with E-state index in [2.05, 4.69) is 5.16 Å². The first-order valence-electron chi connectivity index (χ1n) is 5.11. The molecule has 100 valence electrons. The Morgan fingerprint density at radius 1 is 1.39 bits per heavy atom. The summed E-state index contributed by atoms with van der Waals surface area (Å²) in [7, 11) is 0. The third-order valence-corrected chi connectivity index (χ3v) is 2.05. The number of alkyl halides is 3. The van der Waals surface area contributed by atoms with E-state index in [1.54, 1.807) is 13.8 Å². The van der Waals surface area contributed by atoms with Gasteiger partial charge in [0.15, 0.2) is 5.84 Å². The quantitative estimate of drug-likeness (QED) is 0.381. The summed E-state index contributed by atoms with van der Waals surface area (Å²) in [5, 5.41) is 11.3. The second-order valence-corrected chi connectivity index (χ2v) is 3.86. The number of hydrogen-bond acceptors (Lipinski definition) is 3. The molecule has 0 aliphatic rings. The fraction of sp³-hybridized carbons (Fsp3) is 0.364. The molecule has 0 amide bonds. The van der Waals surface area contributed by atoms with Gasteiger partial charge in [0.2, 0.25) is 0 Å². The number of nitrogens with two attached hydrogens (primary N) is 1. The van der Waals surface area contributed by atoms with Crippen LogP contribution in [-0.4, -0.2) is 17.1 Å². The number of oxime groups is 1. The lowest BCUT2D eigenvalue weighted by Gasteiger charge is -2.15. The molecule has 0 spiro atoms. The molecule has 0 heterocycles. The monoisotopic (exact) mass is 262 g/mol. The summed E-state index contributed by atoms with van der Waals surface area (Å²) in [5.41, 5.74) is 4.35. The summed E-state index contributed by atoms with van der Waals surface area (Å²) >= 11 is 0. The first-order chi connectivity index (χ1) is 8.25. The molecular weight excluding hydrogens is 249 g/mol. The van der Waals surface area contributed by atoms with E-state index < -0.39 is 17.6 Å². The summed E-state index contributed by atoms with van der Waals surface area (Å²) in [6.45, 7) is 3.43. The molecule has 0 atom stereocenters. The molecule has 0 saturated carbocycles. The third-order valence-electron chi connectivity index (χ3n) is 2.05. The average Bonchev–Trinajstić information content (AvgIpc) is 2.26. The fourth-order valence-corrected chi connectivity index (χ4v) is 1.32. The number of amidine groups is 1. The van der Waals surface area contributed by atoms with Crippen molar-refractivity contribution in [3.05, 3.63) is 29.3 Å². The zero-order valence-electron chi connectivity index (χ0n) is 9.82. The largest absolute Gasteiger partial charge is 0.490 e. The SMILES string of the molecule is CC(C)Oc1ccc(C(F)(F)F)cc1/C(N)=N/O. The lowest BCUT2D eigenvalue weighted by molar-refractivity contribution is -0.137. The minimum Gasteiger partial charge on any atom is -0.490 e. The molecule has 7 heteroatoms. The molecule has 3 N–H and O–H groups in total. The second kappa shape index (κ2) is 5.16. The van der Waals surface area contributed by atoms with E-state index in [9.17, 15) is 13.2 Å². The highest BCUT2D eigenvalue weighted by molar-refractivity contribution is 5.99. The minimum absolute atomic E-state index is 0.0963. The molecule has 0 aromatic heterocycles. The van der Waals surface area contributed by atoms with Crippen molar-refractivity contribution in [1.29, 1.82) is 0 Å². The van der Waals surface area contributed by atoms with Crippen molar-refractivity contribution in [3.63, 3.8) is 0 Å². The normalized spacial score (nSPS) is 12.9. The smallest absolute Gasteiger partial charge is 0.416 e. The summed E-state index contributed by atoms with van der Waals surface area (Å²) in [5.74, 6) is -0.301. The molecule has 0 saturated heterocycles. The molecule has 1 aromatic carbocycles. The van der Waals surface area contributed by atoms with Gasteiger partial charge in [0.25, 0.3) is 0 Å². The van der Waals surface area contributed by atoms with E-state index in [1.165, 1.54) is 0 Å². The number of ether oxygens (including phenoxy) is 1. The van der Waals surface area contributed by atoms with E-state index in [1.807, 2.05) is 0 Å². The number of halogens is 3. The van der Waals surface area contributed by atoms with Crippen molar-refractivity contribution >= 4 is 5.84 Å². The van der Waals surface area contributed by atoms with Crippen LogP contribution in [0, 0.1) is 0 Å². The molecule has 1 aromatic rings. The average molecular weight is 262 g/mol. The molecule has 0 aliphatic carbocycles. The zero-order chi connectivity index (χ0) is 13.9. The number of nitrogens with zero attached hydrogens (tertiary/aromatic N) is 1. The Morgan fingerprint density at radius 2 is 2.00 bits per heavy atom. The Bertz CT molecular complexity index is 456. The van der Waals surface area contributed by atoms with E-state index in [0.717, 1.165) is 18.2 Å². The third kappa shape index (κ3) is 3.28. The van der Waals surface area contributed by atoms with Crippen molar-refractivity contribution in [1.82, 2.24) is 0 Å². The molecule has 0 bridgehead atoms. The molecular formula is C11H13F3N2O2. The standard InChI is InChI=1S/C11H13F3N2O2/c1-6(2)18-9-4-3-7(11(12,13)14)5-8(9)10(15)16-17/h3-6,17H,1-2H3,(H2,15,16). The van der Waals surface area contributed by atoms with Gasteiger partial charge in [-0.05, 0) is 32.0 Å². The van der Waals surface area contributed by atoms with Gasteiger partial charge in [-0.1, -0.05) is 5.16 Å².